The third-order valence-electron chi connectivity index (χ3n) is 5.86. The summed E-state index contributed by atoms with van der Waals surface area (Å²) in [5.41, 5.74) is 9.60. The minimum atomic E-state index is -2.00. The second kappa shape index (κ2) is 9.86. The summed E-state index contributed by atoms with van der Waals surface area (Å²) in [6, 6.07) is 18.2. The highest BCUT2D eigenvalue weighted by Crippen LogP contribution is 2.30. The number of carbonyl (C=O) groups excluding carboxylic acids is 2. The zero-order valence-electron chi connectivity index (χ0n) is 19.4. The number of imidazole rings is 1. The standard InChI is InChI=1S/C27H21FN6O3/c28-23(17-7-8-18(15-35)22(36)13-17)27(37)32-14-16-5-9-19(10-6-16)34-25(20-3-1-11-30-24(20)29)33-21-4-2-12-31-26(21)34/h1-13,15,23,36H,14H2,(H2,29,30)(H,32,37). The van der Waals surface area contributed by atoms with Crippen LogP contribution in [0.15, 0.2) is 79.1 Å². The molecule has 0 aliphatic carbocycles. The molecule has 3 aromatic heterocycles. The Hall–Kier alpha value is -5.12. The number of aromatic hydroxyl groups is 1. The van der Waals surface area contributed by atoms with E-state index in [9.17, 15) is 19.1 Å². The average Bonchev–Trinajstić information content (AvgIpc) is 3.31. The third-order valence-corrected chi connectivity index (χ3v) is 5.86. The number of nitrogen functional groups attached to an aromatic ring is 1. The van der Waals surface area contributed by atoms with Crippen molar-refractivity contribution < 1.29 is 19.1 Å². The highest BCUT2D eigenvalue weighted by molar-refractivity contribution is 5.84. The van der Waals surface area contributed by atoms with E-state index < -0.39 is 12.1 Å². The van der Waals surface area contributed by atoms with Gasteiger partial charge in [0.25, 0.3) is 5.91 Å². The Bertz CT molecular complexity index is 1620. The number of nitrogens with zero attached hydrogens (tertiary/aromatic N) is 4. The molecule has 0 saturated heterocycles. The van der Waals surface area contributed by atoms with Crippen molar-refractivity contribution in [3.8, 4) is 22.8 Å². The number of nitrogens with two attached hydrogens (primary N) is 1. The number of phenols is 1. The van der Waals surface area contributed by atoms with Crippen LogP contribution in [0.5, 0.6) is 5.75 Å². The molecule has 10 heteroatoms. The molecular weight excluding hydrogens is 475 g/mol. The van der Waals surface area contributed by atoms with E-state index in [1.165, 1.54) is 12.1 Å². The largest absolute Gasteiger partial charge is 0.507 e. The molecule has 0 aliphatic rings. The van der Waals surface area contributed by atoms with E-state index in [2.05, 4.69) is 15.3 Å². The number of benzene rings is 2. The number of anilines is 1. The summed E-state index contributed by atoms with van der Waals surface area (Å²) in [6.45, 7) is 0.0866. The number of halogens is 1. The highest BCUT2D eigenvalue weighted by Gasteiger charge is 2.21. The smallest absolute Gasteiger partial charge is 0.259 e. The average molecular weight is 497 g/mol. The molecule has 0 fully saturated rings. The predicted octanol–water partition coefficient (Wildman–Crippen LogP) is 3.91. The molecule has 0 spiro atoms. The maximum absolute atomic E-state index is 14.6. The summed E-state index contributed by atoms with van der Waals surface area (Å²) in [6.07, 6.45) is 1.74. The first-order valence-electron chi connectivity index (χ1n) is 11.3. The van der Waals surface area contributed by atoms with Gasteiger partial charge in [0.05, 0.1) is 11.1 Å². The number of hydrogen-bond acceptors (Lipinski definition) is 7. The van der Waals surface area contributed by atoms with Crippen LogP contribution in [0.1, 0.15) is 27.7 Å². The van der Waals surface area contributed by atoms with E-state index >= 15 is 0 Å². The molecule has 2 aromatic carbocycles. The molecule has 3 heterocycles. The van der Waals surface area contributed by atoms with Crippen LogP contribution < -0.4 is 11.1 Å². The van der Waals surface area contributed by atoms with Crippen molar-refractivity contribution in [1.29, 1.82) is 0 Å². The number of nitrogens with one attached hydrogen (secondary N) is 1. The maximum atomic E-state index is 14.6. The first-order chi connectivity index (χ1) is 18.0. The maximum Gasteiger partial charge on any atom is 0.259 e. The van der Waals surface area contributed by atoms with E-state index in [0.717, 1.165) is 17.3 Å². The van der Waals surface area contributed by atoms with Gasteiger partial charge in [0, 0.05) is 24.6 Å². The van der Waals surface area contributed by atoms with Gasteiger partial charge < -0.3 is 16.2 Å². The van der Waals surface area contributed by atoms with Crippen LogP contribution in [0.2, 0.25) is 0 Å². The quantitative estimate of drug-likeness (QED) is 0.291. The molecule has 1 amide bonds. The molecule has 4 N–H and O–H groups in total. The SMILES string of the molecule is Nc1ncccc1-c1nc2cccnc2n1-c1ccc(CNC(=O)C(F)c2ccc(C=O)c(O)c2)cc1. The van der Waals surface area contributed by atoms with Gasteiger partial charge >= 0.3 is 0 Å². The van der Waals surface area contributed by atoms with E-state index in [1.54, 1.807) is 36.7 Å². The van der Waals surface area contributed by atoms with Gasteiger partial charge in [-0.05, 0) is 59.7 Å². The van der Waals surface area contributed by atoms with Gasteiger partial charge in [-0.15, -0.1) is 0 Å². The van der Waals surface area contributed by atoms with E-state index in [4.69, 9.17) is 10.7 Å². The number of rotatable bonds is 7. The zero-order chi connectivity index (χ0) is 25.9. The molecule has 37 heavy (non-hydrogen) atoms. The third kappa shape index (κ3) is 4.59. The summed E-state index contributed by atoms with van der Waals surface area (Å²) in [7, 11) is 0. The van der Waals surface area contributed by atoms with Crippen LogP contribution in [-0.2, 0) is 11.3 Å². The molecule has 5 rings (SSSR count). The van der Waals surface area contributed by atoms with Crippen molar-refractivity contribution in [2.75, 3.05) is 5.73 Å². The van der Waals surface area contributed by atoms with Gasteiger partial charge in [-0.3, -0.25) is 14.2 Å². The fourth-order valence-electron chi connectivity index (χ4n) is 3.96. The van der Waals surface area contributed by atoms with Crippen molar-refractivity contribution in [2.45, 2.75) is 12.7 Å². The molecule has 0 aliphatic heterocycles. The number of aldehydes is 1. The van der Waals surface area contributed by atoms with Crippen LogP contribution in [0.4, 0.5) is 10.2 Å². The van der Waals surface area contributed by atoms with Gasteiger partial charge in [-0.1, -0.05) is 18.2 Å². The first-order valence-corrected chi connectivity index (χ1v) is 11.3. The second-order valence-electron chi connectivity index (χ2n) is 8.24. The van der Waals surface area contributed by atoms with Crippen molar-refractivity contribution in [3.63, 3.8) is 0 Å². The monoisotopic (exact) mass is 496 g/mol. The van der Waals surface area contributed by atoms with Crippen LogP contribution >= 0.6 is 0 Å². The number of aromatic nitrogens is 4. The van der Waals surface area contributed by atoms with Crippen LogP contribution in [0, 0.1) is 0 Å². The summed E-state index contributed by atoms with van der Waals surface area (Å²) < 4.78 is 16.5. The lowest BCUT2D eigenvalue weighted by atomic mass is 10.1. The zero-order valence-corrected chi connectivity index (χ0v) is 19.4. The van der Waals surface area contributed by atoms with Gasteiger partial charge in [0.1, 0.15) is 17.1 Å². The van der Waals surface area contributed by atoms with Crippen LogP contribution in [-0.4, -0.2) is 36.8 Å². The number of fused-ring (bicyclic) bond motifs is 1. The molecule has 184 valence electrons. The Morgan fingerprint density at radius 1 is 1.08 bits per heavy atom. The normalized spacial score (nSPS) is 11.8. The van der Waals surface area contributed by atoms with E-state index in [1.807, 2.05) is 28.8 Å². The van der Waals surface area contributed by atoms with Crippen molar-refractivity contribution in [2.24, 2.45) is 0 Å². The summed E-state index contributed by atoms with van der Waals surface area (Å²) in [5, 5.41) is 12.3. The molecule has 1 unspecified atom stereocenters. The lowest BCUT2D eigenvalue weighted by Gasteiger charge is -2.12. The number of alkyl halides is 1. The van der Waals surface area contributed by atoms with Crippen LogP contribution in [0.3, 0.4) is 0 Å². The summed E-state index contributed by atoms with van der Waals surface area (Å²) in [5.74, 6) is -0.313. The molecule has 1 atom stereocenters. The van der Waals surface area contributed by atoms with Gasteiger partial charge in [0.2, 0.25) is 6.17 Å². The van der Waals surface area contributed by atoms with Crippen molar-refractivity contribution in [3.05, 3.63) is 95.8 Å². The number of pyridine rings is 2. The van der Waals surface area contributed by atoms with E-state index in [0.29, 0.717) is 34.7 Å². The second-order valence-corrected chi connectivity index (χ2v) is 8.24. The van der Waals surface area contributed by atoms with Gasteiger partial charge in [-0.25, -0.2) is 19.3 Å². The van der Waals surface area contributed by atoms with Gasteiger partial charge in [0.15, 0.2) is 17.8 Å². The predicted molar refractivity (Wildman–Crippen MR) is 136 cm³/mol. The Morgan fingerprint density at radius 2 is 1.84 bits per heavy atom. The Kier molecular flexibility index (Phi) is 6.29. The molecule has 0 radical (unpaired) electrons. The van der Waals surface area contributed by atoms with Crippen molar-refractivity contribution in [1.82, 2.24) is 24.8 Å². The molecule has 9 nitrogen and oxygen atoms in total. The summed E-state index contributed by atoms with van der Waals surface area (Å²) >= 11 is 0. The van der Waals surface area contributed by atoms with Gasteiger partial charge in [-0.2, -0.15) is 0 Å². The number of carbonyl (C=O) groups is 2. The molecule has 5 aromatic rings. The fraction of sp³-hybridized carbons (Fsp3) is 0.0741. The molecule has 0 bridgehead atoms. The minimum Gasteiger partial charge on any atom is -0.507 e. The summed E-state index contributed by atoms with van der Waals surface area (Å²) in [4.78, 5) is 36.5. The Labute approximate surface area is 210 Å². The lowest BCUT2D eigenvalue weighted by molar-refractivity contribution is -0.126. The highest BCUT2D eigenvalue weighted by atomic mass is 19.1. The molecule has 0 saturated carbocycles. The lowest BCUT2D eigenvalue weighted by Crippen LogP contribution is -2.26. The topological polar surface area (TPSA) is 136 Å². The Morgan fingerprint density at radius 3 is 2.57 bits per heavy atom. The van der Waals surface area contributed by atoms with Crippen LogP contribution in [0.25, 0.3) is 28.2 Å². The fourth-order valence-corrected chi connectivity index (χ4v) is 3.96. The number of phenolic OH excluding ortho intramolecular Hbond substituents is 1. The molecular formula is C27H21FN6O3. The first kappa shape index (κ1) is 23.6. The number of amides is 1. The Balaban J connectivity index is 1.37. The van der Waals surface area contributed by atoms with Crippen molar-refractivity contribution >= 4 is 29.2 Å². The minimum absolute atomic E-state index is 0.0201. The number of hydrogen-bond donors (Lipinski definition) is 3. The van der Waals surface area contributed by atoms with E-state index in [-0.39, 0.29) is 23.4 Å².